The van der Waals surface area contributed by atoms with E-state index < -0.39 is 0 Å². The van der Waals surface area contributed by atoms with Gasteiger partial charge in [-0.05, 0) is 38.4 Å². The van der Waals surface area contributed by atoms with E-state index in [1.54, 1.807) is 0 Å². The van der Waals surface area contributed by atoms with Gasteiger partial charge in [-0.3, -0.25) is 9.69 Å². The highest BCUT2D eigenvalue weighted by molar-refractivity contribution is 5.96. The van der Waals surface area contributed by atoms with E-state index >= 15 is 0 Å². The van der Waals surface area contributed by atoms with Crippen molar-refractivity contribution < 1.29 is 4.79 Å². The Hall–Kier alpha value is -1.61. The molecule has 0 aliphatic carbocycles. The summed E-state index contributed by atoms with van der Waals surface area (Å²) in [4.78, 5) is 14.3. The summed E-state index contributed by atoms with van der Waals surface area (Å²) in [6.07, 6.45) is 1.78. The molecular weight excluding hydrogens is 224 g/mol. The monoisotopic (exact) mass is 244 g/mol. The Balaban J connectivity index is 2.14. The van der Waals surface area contributed by atoms with Crippen LogP contribution in [0.2, 0.25) is 0 Å². The highest BCUT2D eigenvalue weighted by Crippen LogP contribution is 2.23. The van der Waals surface area contributed by atoms with Gasteiger partial charge in [-0.1, -0.05) is 30.4 Å². The van der Waals surface area contributed by atoms with Gasteiger partial charge < -0.3 is 5.32 Å². The smallest absolute Gasteiger partial charge is 0.241 e. The second kappa shape index (κ2) is 5.36. The third-order valence-electron chi connectivity index (χ3n) is 3.32. The summed E-state index contributed by atoms with van der Waals surface area (Å²) in [7, 11) is 1.98. The van der Waals surface area contributed by atoms with Crippen LogP contribution in [0.5, 0.6) is 0 Å². The van der Waals surface area contributed by atoms with Crippen LogP contribution in [0.4, 0.5) is 5.69 Å². The zero-order valence-corrected chi connectivity index (χ0v) is 11.1. The van der Waals surface area contributed by atoms with Gasteiger partial charge in [-0.25, -0.2) is 0 Å². The molecule has 0 fully saturated rings. The number of nitrogens with zero attached hydrogens (tertiary/aromatic N) is 1. The maximum Gasteiger partial charge on any atom is 0.241 e. The van der Waals surface area contributed by atoms with E-state index in [-0.39, 0.29) is 11.9 Å². The zero-order valence-electron chi connectivity index (χ0n) is 11.1. The van der Waals surface area contributed by atoms with E-state index in [1.807, 2.05) is 32.2 Å². The van der Waals surface area contributed by atoms with E-state index in [2.05, 4.69) is 22.9 Å². The topological polar surface area (TPSA) is 32.3 Å². The maximum absolute atomic E-state index is 12.2. The van der Waals surface area contributed by atoms with E-state index in [0.29, 0.717) is 0 Å². The molecule has 0 saturated carbocycles. The van der Waals surface area contributed by atoms with Crippen LogP contribution >= 0.6 is 0 Å². The van der Waals surface area contributed by atoms with Crippen molar-refractivity contribution in [3.05, 3.63) is 42.0 Å². The van der Waals surface area contributed by atoms with Crippen LogP contribution in [0.25, 0.3) is 0 Å². The van der Waals surface area contributed by atoms with E-state index in [4.69, 9.17) is 0 Å². The van der Waals surface area contributed by atoms with Crippen LogP contribution in [0, 0.1) is 0 Å². The Bertz CT molecular complexity index is 467. The average Bonchev–Trinajstić information content (AvgIpc) is 2.46. The molecule has 3 nitrogen and oxygen atoms in total. The predicted molar refractivity (Wildman–Crippen MR) is 74.6 cm³/mol. The van der Waals surface area contributed by atoms with Gasteiger partial charge in [0.15, 0.2) is 0 Å². The van der Waals surface area contributed by atoms with Crippen molar-refractivity contribution in [2.75, 3.05) is 18.9 Å². The molecule has 0 unspecified atom stereocenters. The van der Waals surface area contributed by atoms with Crippen molar-refractivity contribution >= 4 is 11.6 Å². The van der Waals surface area contributed by atoms with Gasteiger partial charge in [-0.15, -0.1) is 0 Å². The Kier molecular flexibility index (Phi) is 3.82. The number of anilines is 1. The Morgan fingerprint density at radius 1 is 1.50 bits per heavy atom. The first kappa shape index (κ1) is 12.8. The Morgan fingerprint density at radius 3 is 2.94 bits per heavy atom. The molecule has 1 heterocycles. The fraction of sp³-hybridized carbons (Fsp3) is 0.400. The standard InChI is InChI=1S/C15H20N2O/c1-11(2)10-17(3)14-9-8-12-6-4-5-7-13(12)16-15(14)18/h4-7,14H,1,8-10H2,2-3H3,(H,16,18)/t14-/m0/s1. The lowest BCUT2D eigenvalue weighted by atomic mass is 10.0. The molecular formula is C15H20N2O. The molecule has 3 heteroatoms. The Labute approximate surface area is 108 Å². The van der Waals surface area contributed by atoms with Crippen molar-refractivity contribution in [2.45, 2.75) is 25.8 Å². The molecule has 2 rings (SSSR count). The van der Waals surface area contributed by atoms with E-state index in [0.717, 1.165) is 30.6 Å². The van der Waals surface area contributed by atoms with Gasteiger partial charge >= 0.3 is 0 Å². The summed E-state index contributed by atoms with van der Waals surface area (Å²) in [5.41, 5.74) is 3.25. The molecule has 1 amide bonds. The number of hydrogen-bond acceptors (Lipinski definition) is 2. The fourth-order valence-electron chi connectivity index (χ4n) is 2.46. The molecule has 0 aromatic heterocycles. The zero-order chi connectivity index (χ0) is 13.1. The number of carbonyl (C=O) groups excluding carboxylic acids is 1. The summed E-state index contributed by atoms with van der Waals surface area (Å²) in [5.74, 6) is 0.0868. The number of nitrogens with one attached hydrogen (secondary N) is 1. The summed E-state index contributed by atoms with van der Waals surface area (Å²) < 4.78 is 0. The SMILES string of the molecule is C=C(C)CN(C)[C@H]1CCc2ccccc2NC1=O. The number of amides is 1. The number of carbonyl (C=O) groups is 1. The first-order valence-electron chi connectivity index (χ1n) is 6.31. The molecule has 0 saturated heterocycles. The van der Waals surface area contributed by atoms with Gasteiger partial charge in [-0.2, -0.15) is 0 Å². The van der Waals surface area contributed by atoms with Gasteiger partial charge in [0.05, 0.1) is 6.04 Å². The molecule has 0 spiro atoms. The third-order valence-corrected chi connectivity index (χ3v) is 3.32. The van der Waals surface area contributed by atoms with Crippen LogP contribution in [0.3, 0.4) is 0 Å². The van der Waals surface area contributed by atoms with Crippen LogP contribution in [-0.4, -0.2) is 30.4 Å². The normalized spacial score (nSPS) is 19.1. The number of hydrogen-bond donors (Lipinski definition) is 1. The molecule has 1 aromatic rings. The first-order chi connectivity index (χ1) is 8.58. The van der Waals surface area contributed by atoms with Crippen LogP contribution in [-0.2, 0) is 11.2 Å². The van der Waals surface area contributed by atoms with Crippen molar-refractivity contribution in [3.8, 4) is 0 Å². The number of fused-ring (bicyclic) bond motifs is 1. The van der Waals surface area contributed by atoms with Gasteiger partial charge in [0.2, 0.25) is 5.91 Å². The van der Waals surface area contributed by atoms with Crippen LogP contribution < -0.4 is 5.32 Å². The highest BCUT2D eigenvalue weighted by Gasteiger charge is 2.26. The molecule has 18 heavy (non-hydrogen) atoms. The number of rotatable bonds is 3. The molecule has 1 N–H and O–H groups in total. The minimum atomic E-state index is -0.0749. The molecule has 0 bridgehead atoms. The summed E-state index contributed by atoms with van der Waals surface area (Å²) >= 11 is 0. The molecule has 1 aliphatic rings. The molecule has 1 aromatic carbocycles. The summed E-state index contributed by atoms with van der Waals surface area (Å²) in [6, 6.07) is 7.94. The summed E-state index contributed by atoms with van der Waals surface area (Å²) in [6.45, 7) is 6.65. The number of likely N-dealkylation sites (N-methyl/N-ethyl adjacent to an activating group) is 1. The van der Waals surface area contributed by atoms with Crippen molar-refractivity contribution in [3.63, 3.8) is 0 Å². The fourth-order valence-corrected chi connectivity index (χ4v) is 2.46. The minimum absolute atomic E-state index is 0.0749. The largest absolute Gasteiger partial charge is 0.324 e. The van der Waals surface area contributed by atoms with Gasteiger partial charge in [0.25, 0.3) is 0 Å². The Morgan fingerprint density at radius 2 is 2.22 bits per heavy atom. The second-order valence-corrected chi connectivity index (χ2v) is 5.07. The molecule has 1 atom stereocenters. The second-order valence-electron chi connectivity index (χ2n) is 5.07. The minimum Gasteiger partial charge on any atom is -0.324 e. The lowest BCUT2D eigenvalue weighted by Gasteiger charge is -2.25. The van der Waals surface area contributed by atoms with Crippen molar-refractivity contribution in [1.82, 2.24) is 4.90 Å². The summed E-state index contributed by atoms with van der Waals surface area (Å²) in [5, 5.41) is 3.02. The maximum atomic E-state index is 12.2. The van der Waals surface area contributed by atoms with E-state index in [1.165, 1.54) is 5.56 Å². The van der Waals surface area contributed by atoms with Gasteiger partial charge in [0, 0.05) is 12.2 Å². The number of aryl methyl sites for hydroxylation is 1. The lowest BCUT2D eigenvalue weighted by molar-refractivity contribution is -0.120. The van der Waals surface area contributed by atoms with Crippen molar-refractivity contribution in [1.29, 1.82) is 0 Å². The van der Waals surface area contributed by atoms with Gasteiger partial charge in [0.1, 0.15) is 0 Å². The number of benzene rings is 1. The average molecular weight is 244 g/mol. The lowest BCUT2D eigenvalue weighted by Crippen LogP contribution is -2.41. The van der Waals surface area contributed by atoms with Crippen LogP contribution in [0.15, 0.2) is 36.4 Å². The predicted octanol–water partition coefficient (Wildman–Crippen LogP) is 2.45. The van der Waals surface area contributed by atoms with Crippen molar-refractivity contribution in [2.24, 2.45) is 0 Å². The molecule has 0 radical (unpaired) electrons. The third kappa shape index (κ3) is 2.79. The number of para-hydroxylation sites is 1. The van der Waals surface area contributed by atoms with Crippen LogP contribution in [0.1, 0.15) is 18.9 Å². The van der Waals surface area contributed by atoms with E-state index in [9.17, 15) is 4.79 Å². The quantitative estimate of drug-likeness (QED) is 0.828. The molecule has 96 valence electrons. The highest BCUT2D eigenvalue weighted by atomic mass is 16.2. The molecule has 1 aliphatic heterocycles. The first-order valence-corrected chi connectivity index (χ1v) is 6.31.